The molecule has 2 amide bonds. The number of ether oxygens (including phenoxy) is 1. The van der Waals surface area contributed by atoms with Crippen LogP contribution in [0.5, 0.6) is 5.75 Å². The largest absolute Gasteiger partial charge is 0.497 e. The Morgan fingerprint density at radius 2 is 2.06 bits per heavy atom. The summed E-state index contributed by atoms with van der Waals surface area (Å²) in [6, 6.07) is 6.44. The van der Waals surface area contributed by atoms with Gasteiger partial charge in [-0.2, -0.15) is 5.10 Å². The summed E-state index contributed by atoms with van der Waals surface area (Å²) in [5, 5.41) is 20.9. The number of H-pyrrole nitrogens is 1. The van der Waals surface area contributed by atoms with Crippen molar-refractivity contribution in [3.05, 3.63) is 35.5 Å². The lowest BCUT2D eigenvalue weighted by molar-refractivity contribution is -0.115. The van der Waals surface area contributed by atoms with Gasteiger partial charge in [-0.3, -0.25) is 9.89 Å². The summed E-state index contributed by atoms with van der Waals surface area (Å²) in [6.07, 6.45) is 4.86. The van der Waals surface area contributed by atoms with Gasteiger partial charge in [-0.15, -0.1) is 0 Å². The topological polar surface area (TPSA) is 150 Å². The number of sulfone groups is 1. The van der Waals surface area contributed by atoms with Gasteiger partial charge in [0, 0.05) is 30.5 Å². The third-order valence-corrected chi connectivity index (χ3v) is 7.12. The van der Waals surface area contributed by atoms with Gasteiger partial charge in [-0.25, -0.2) is 13.2 Å². The molecule has 1 saturated carbocycles. The second-order valence-electron chi connectivity index (χ2n) is 8.43. The molecule has 1 aliphatic carbocycles. The Balaban J connectivity index is 1.55. The molecule has 1 aromatic heterocycles. The predicted octanol–water partition coefficient (Wildman–Crippen LogP) is 2.93. The van der Waals surface area contributed by atoms with Gasteiger partial charge in [0.2, 0.25) is 5.91 Å². The average Bonchev–Trinajstić information content (AvgIpc) is 3.40. The highest BCUT2D eigenvalue weighted by Gasteiger charge is 2.27. The van der Waals surface area contributed by atoms with Crippen LogP contribution < -0.4 is 15.4 Å². The van der Waals surface area contributed by atoms with Crippen LogP contribution in [-0.2, 0) is 21.1 Å². The van der Waals surface area contributed by atoms with E-state index in [9.17, 15) is 18.0 Å². The SMILES string of the molecule is COc1ccc(CC(=O)Nc2cc([C@H]3CC[C@H](CCCNC(=O)O)C3)[nH]n2)c(S(C)(=O)=O)c1. The first-order valence-corrected chi connectivity index (χ1v) is 12.7. The first-order valence-electron chi connectivity index (χ1n) is 10.8. The lowest BCUT2D eigenvalue weighted by Crippen LogP contribution is -2.22. The van der Waals surface area contributed by atoms with Gasteiger partial charge >= 0.3 is 6.09 Å². The smallest absolute Gasteiger partial charge is 0.404 e. The number of nitrogens with one attached hydrogen (secondary N) is 3. The number of carbonyl (C=O) groups excluding carboxylic acids is 1. The fourth-order valence-corrected chi connectivity index (χ4v) is 5.28. The molecule has 1 aromatic carbocycles. The Hall–Kier alpha value is -3.08. The van der Waals surface area contributed by atoms with Crippen LogP contribution in [0, 0.1) is 5.92 Å². The minimum atomic E-state index is -3.52. The molecule has 4 N–H and O–H groups in total. The maximum atomic E-state index is 12.6. The number of benzene rings is 1. The number of amides is 2. The van der Waals surface area contributed by atoms with Crippen molar-refractivity contribution in [2.24, 2.45) is 5.92 Å². The first-order chi connectivity index (χ1) is 15.7. The van der Waals surface area contributed by atoms with Gasteiger partial charge in [-0.1, -0.05) is 6.07 Å². The highest BCUT2D eigenvalue weighted by atomic mass is 32.2. The number of carboxylic acid groups (broad SMARTS) is 1. The van der Waals surface area contributed by atoms with Crippen molar-refractivity contribution < 1.29 is 27.9 Å². The summed E-state index contributed by atoms with van der Waals surface area (Å²) in [6.45, 7) is 0.464. The van der Waals surface area contributed by atoms with Gasteiger partial charge in [0.15, 0.2) is 15.7 Å². The standard InChI is InChI=1S/C22H30N4O6S/c1-32-17-8-7-16(19(12-17)33(2,30)31)11-21(27)24-20-13-18(25-26-20)15-6-5-14(10-15)4-3-9-23-22(28)29/h7-8,12-15,23H,3-6,9-11H2,1-2H3,(H,28,29)(H2,24,25,26,27)/t14-,15-/m0/s1. The molecule has 0 aliphatic heterocycles. The monoisotopic (exact) mass is 478 g/mol. The second kappa shape index (κ2) is 10.7. The number of rotatable bonds is 10. The van der Waals surface area contributed by atoms with Crippen molar-refractivity contribution in [1.29, 1.82) is 0 Å². The number of hydrogen-bond acceptors (Lipinski definition) is 6. The number of hydrogen-bond donors (Lipinski definition) is 4. The molecular weight excluding hydrogens is 448 g/mol. The van der Waals surface area contributed by atoms with Crippen LogP contribution in [0.4, 0.5) is 10.6 Å². The third kappa shape index (κ3) is 6.95. The summed E-state index contributed by atoms with van der Waals surface area (Å²) >= 11 is 0. The molecule has 10 nitrogen and oxygen atoms in total. The average molecular weight is 479 g/mol. The summed E-state index contributed by atoms with van der Waals surface area (Å²) in [5.41, 5.74) is 1.35. The van der Waals surface area contributed by atoms with Crippen molar-refractivity contribution in [3.8, 4) is 5.75 Å². The van der Waals surface area contributed by atoms with Crippen LogP contribution in [-0.4, -0.2) is 55.6 Å². The van der Waals surface area contributed by atoms with E-state index in [1.807, 2.05) is 6.07 Å². The zero-order chi connectivity index (χ0) is 24.0. The van der Waals surface area contributed by atoms with Crippen molar-refractivity contribution in [2.75, 3.05) is 25.2 Å². The quantitative estimate of drug-likeness (QED) is 0.383. The molecule has 33 heavy (non-hydrogen) atoms. The van der Waals surface area contributed by atoms with E-state index in [0.717, 1.165) is 44.1 Å². The van der Waals surface area contributed by atoms with Crippen molar-refractivity contribution in [1.82, 2.24) is 15.5 Å². The lowest BCUT2D eigenvalue weighted by atomic mass is 9.98. The number of carbonyl (C=O) groups is 2. The Morgan fingerprint density at radius 1 is 1.27 bits per heavy atom. The van der Waals surface area contributed by atoms with Gasteiger partial charge in [0.1, 0.15) is 5.75 Å². The second-order valence-corrected chi connectivity index (χ2v) is 10.4. The number of nitrogens with zero attached hydrogens (tertiary/aromatic N) is 1. The highest BCUT2D eigenvalue weighted by Crippen LogP contribution is 2.40. The Morgan fingerprint density at radius 3 is 2.76 bits per heavy atom. The molecule has 11 heteroatoms. The van der Waals surface area contributed by atoms with Crippen LogP contribution in [0.15, 0.2) is 29.2 Å². The molecule has 1 aliphatic rings. The van der Waals surface area contributed by atoms with Crippen molar-refractivity contribution >= 4 is 27.7 Å². The molecule has 0 saturated heterocycles. The Kier molecular flexibility index (Phi) is 7.96. The van der Waals surface area contributed by atoms with E-state index in [-0.39, 0.29) is 17.2 Å². The molecule has 0 unspecified atom stereocenters. The van der Waals surface area contributed by atoms with Crippen LogP contribution in [0.2, 0.25) is 0 Å². The minimum absolute atomic E-state index is 0.0651. The van der Waals surface area contributed by atoms with E-state index in [2.05, 4.69) is 20.8 Å². The van der Waals surface area contributed by atoms with Gasteiger partial charge < -0.3 is 20.5 Å². The highest BCUT2D eigenvalue weighted by molar-refractivity contribution is 7.90. The fourth-order valence-electron chi connectivity index (χ4n) is 4.33. The summed E-state index contributed by atoms with van der Waals surface area (Å²) in [4.78, 5) is 23.1. The fraction of sp³-hybridized carbons (Fsp3) is 0.500. The van der Waals surface area contributed by atoms with Crippen LogP contribution in [0.3, 0.4) is 0 Å². The molecule has 3 rings (SSSR count). The van der Waals surface area contributed by atoms with E-state index in [1.165, 1.54) is 13.2 Å². The summed E-state index contributed by atoms with van der Waals surface area (Å²) in [5.74, 6) is 1.30. The maximum absolute atomic E-state index is 12.6. The van der Waals surface area contributed by atoms with Crippen molar-refractivity contribution in [3.63, 3.8) is 0 Å². The molecule has 1 fully saturated rings. The number of methoxy groups -OCH3 is 1. The van der Waals surface area contributed by atoms with E-state index in [0.29, 0.717) is 35.5 Å². The van der Waals surface area contributed by atoms with E-state index in [4.69, 9.17) is 9.84 Å². The van der Waals surface area contributed by atoms with Crippen LogP contribution in [0.1, 0.15) is 49.3 Å². The molecular formula is C22H30N4O6S. The summed E-state index contributed by atoms with van der Waals surface area (Å²) < 4.78 is 29.3. The first kappa shape index (κ1) is 24.6. The normalized spacial score (nSPS) is 18.1. The number of anilines is 1. The molecule has 0 radical (unpaired) electrons. The summed E-state index contributed by atoms with van der Waals surface area (Å²) in [7, 11) is -2.07. The zero-order valence-electron chi connectivity index (χ0n) is 18.8. The van der Waals surface area contributed by atoms with E-state index < -0.39 is 15.9 Å². The minimum Gasteiger partial charge on any atom is -0.497 e. The lowest BCUT2D eigenvalue weighted by Gasteiger charge is -2.10. The van der Waals surface area contributed by atoms with Gasteiger partial charge in [0.05, 0.1) is 18.4 Å². The maximum Gasteiger partial charge on any atom is 0.404 e. The number of aromatic amines is 1. The molecule has 1 heterocycles. The molecule has 180 valence electrons. The molecule has 0 bridgehead atoms. The van der Waals surface area contributed by atoms with Gasteiger partial charge in [-0.05, 0) is 55.7 Å². The van der Waals surface area contributed by atoms with Crippen LogP contribution in [0.25, 0.3) is 0 Å². The van der Waals surface area contributed by atoms with E-state index in [1.54, 1.807) is 12.1 Å². The predicted molar refractivity (Wildman–Crippen MR) is 122 cm³/mol. The molecule has 2 aromatic rings. The Labute approximate surface area is 193 Å². The van der Waals surface area contributed by atoms with Crippen LogP contribution >= 0.6 is 0 Å². The number of aromatic nitrogens is 2. The zero-order valence-corrected chi connectivity index (χ0v) is 19.6. The van der Waals surface area contributed by atoms with E-state index >= 15 is 0 Å². The molecule has 0 spiro atoms. The molecule has 2 atom stereocenters. The third-order valence-electron chi connectivity index (χ3n) is 5.94. The van der Waals surface area contributed by atoms with Gasteiger partial charge in [0.25, 0.3) is 0 Å². The Bertz CT molecular complexity index is 1100. The van der Waals surface area contributed by atoms with Crippen molar-refractivity contribution in [2.45, 2.75) is 49.3 Å².